The van der Waals surface area contributed by atoms with Crippen molar-refractivity contribution < 1.29 is 14.3 Å². The van der Waals surface area contributed by atoms with Crippen LogP contribution in [0.4, 0.5) is 0 Å². The summed E-state index contributed by atoms with van der Waals surface area (Å²) in [5.74, 6) is 0.247. The van der Waals surface area contributed by atoms with Gasteiger partial charge in [0.2, 0.25) is 5.91 Å². The summed E-state index contributed by atoms with van der Waals surface area (Å²) in [7, 11) is 0. The molecule has 6 nitrogen and oxygen atoms in total. The SMILES string of the molecule is NC(=O)C[C@H](NC(=O)COc1cccc2cccnc12)C1CCCCC1. The molecule has 1 heterocycles. The number of para-hydroxylation sites is 1. The van der Waals surface area contributed by atoms with Crippen molar-refractivity contribution in [3.05, 3.63) is 36.5 Å². The molecule has 1 saturated carbocycles. The van der Waals surface area contributed by atoms with Gasteiger partial charge in [-0.15, -0.1) is 0 Å². The van der Waals surface area contributed by atoms with Crippen molar-refractivity contribution in [3.63, 3.8) is 0 Å². The van der Waals surface area contributed by atoms with E-state index < -0.39 is 0 Å². The summed E-state index contributed by atoms with van der Waals surface area (Å²) < 4.78 is 5.68. The number of aromatic nitrogens is 1. The number of nitrogens with one attached hydrogen (secondary N) is 1. The minimum absolute atomic E-state index is 0.113. The number of nitrogens with two attached hydrogens (primary N) is 1. The summed E-state index contributed by atoms with van der Waals surface area (Å²) in [6.07, 6.45) is 7.39. The first kappa shape index (κ1) is 18.2. The van der Waals surface area contributed by atoms with E-state index in [0.29, 0.717) is 11.7 Å². The molecule has 1 fully saturated rings. The van der Waals surface area contributed by atoms with Crippen LogP contribution in [-0.4, -0.2) is 29.4 Å². The molecule has 6 heteroatoms. The van der Waals surface area contributed by atoms with Gasteiger partial charge in [-0.3, -0.25) is 14.6 Å². The number of carbonyl (C=O) groups is 2. The molecule has 2 amide bonds. The highest BCUT2D eigenvalue weighted by Crippen LogP contribution is 2.28. The lowest BCUT2D eigenvalue weighted by Crippen LogP contribution is -2.45. The number of amides is 2. The van der Waals surface area contributed by atoms with Crippen LogP contribution in [0.25, 0.3) is 10.9 Å². The number of ether oxygens (including phenoxy) is 1. The molecule has 1 aliphatic rings. The second-order valence-corrected chi connectivity index (χ2v) is 6.86. The van der Waals surface area contributed by atoms with Gasteiger partial charge >= 0.3 is 0 Å². The standard InChI is InChI=1S/C20H25N3O3/c21-18(24)12-16(14-6-2-1-3-7-14)23-19(25)13-26-17-10-4-8-15-9-5-11-22-20(15)17/h4-5,8-11,14,16H,1-3,6-7,12-13H2,(H2,21,24)(H,23,25)/t16-/m0/s1. The van der Waals surface area contributed by atoms with E-state index in [1.165, 1.54) is 6.42 Å². The van der Waals surface area contributed by atoms with Crippen molar-refractivity contribution in [1.29, 1.82) is 0 Å². The fourth-order valence-corrected chi connectivity index (χ4v) is 3.67. The van der Waals surface area contributed by atoms with Crippen LogP contribution >= 0.6 is 0 Å². The molecule has 0 bridgehead atoms. The van der Waals surface area contributed by atoms with Crippen molar-refractivity contribution >= 4 is 22.7 Å². The van der Waals surface area contributed by atoms with Gasteiger partial charge in [-0.05, 0) is 30.9 Å². The van der Waals surface area contributed by atoms with Crippen LogP contribution in [0.5, 0.6) is 5.75 Å². The third-order valence-corrected chi connectivity index (χ3v) is 4.94. The highest BCUT2D eigenvalue weighted by atomic mass is 16.5. The zero-order valence-corrected chi connectivity index (χ0v) is 14.8. The molecular formula is C20H25N3O3. The van der Waals surface area contributed by atoms with E-state index in [1.807, 2.05) is 24.3 Å². The average molecular weight is 355 g/mol. The van der Waals surface area contributed by atoms with Crippen molar-refractivity contribution in [2.75, 3.05) is 6.61 Å². The van der Waals surface area contributed by atoms with Crippen LogP contribution in [0.2, 0.25) is 0 Å². The van der Waals surface area contributed by atoms with Crippen molar-refractivity contribution in [1.82, 2.24) is 10.3 Å². The van der Waals surface area contributed by atoms with E-state index in [9.17, 15) is 9.59 Å². The van der Waals surface area contributed by atoms with E-state index in [4.69, 9.17) is 10.5 Å². The van der Waals surface area contributed by atoms with Crippen LogP contribution in [0.1, 0.15) is 38.5 Å². The van der Waals surface area contributed by atoms with Crippen LogP contribution in [0.15, 0.2) is 36.5 Å². The normalized spacial score (nSPS) is 16.2. The van der Waals surface area contributed by atoms with E-state index in [0.717, 1.165) is 36.6 Å². The van der Waals surface area contributed by atoms with Gasteiger partial charge in [-0.1, -0.05) is 37.5 Å². The maximum Gasteiger partial charge on any atom is 0.258 e. The van der Waals surface area contributed by atoms with Crippen LogP contribution in [0.3, 0.4) is 0 Å². The number of hydrogen-bond donors (Lipinski definition) is 2. The summed E-state index contributed by atoms with van der Waals surface area (Å²) >= 11 is 0. The largest absolute Gasteiger partial charge is 0.481 e. The summed E-state index contributed by atoms with van der Waals surface area (Å²) in [4.78, 5) is 28.1. The van der Waals surface area contributed by atoms with E-state index in [2.05, 4.69) is 10.3 Å². The molecule has 1 aliphatic carbocycles. The van der Waals surface area contributed by atoms with Gasteiger partial charge in [0, 0.05) is 24.0 Å². The molecule has 0 spiro atoms. The predicted molar refractivity (Wildman–Crippen MR) is 99.6 cm³/mol. The topological polar surface area (TPSA) is 94.3 Å². The predicted octanol–water partition coefficient (Wildman–Crippen LogP) is 2.55. The first-order chi connectivity index (χ1) is 12.6. The monoisotopic (exact) mass is 355 g/mol. The number of hydrogen-bond acceptors (Lipinski definition) is 4. The molecule has 3 N–H and O–H groups in total. The Kier molecular flexibility index (Phi) is 6.04. The fourth-order valence-electron chi connectivity index (χ4n) is 3.67. The lowest BCUT2D eigenvalue weighted by Gasteiger charge is -2.30. The molecule has 0 saturated heterocycles. The Morgan fingerprint density at radius 1 is 1.19 bits per heavy atom. The highest BCUT2D eigenvalue weighted by Gasteiger charge is 2.26. The van der Waals surface area contributed by atoms with E-state index in [1.54, 1.807) is 12.3 Å². The molecule has 1 atom stereocenters. The summed E-state index contributed by atoms with van der Waals surface area (Å²) in [6, 6.07) is 9.20. The Hall–Kier alpha value is -2.63. The Bertz CT molecular complexity index is 766. The minimum atomic E-state index is -0.389. The summed E-state index contributed by atoms with van der Waals surface area (Å²) in [5, 5.41) is 3.91. The Labute approximate surface area is 153 Å². The molecular weight excluding hydrogens is 330 g/mol. The van der Waals surface area contributed by atoms with Gasteiger partial charge < -0.3 is 15.8 Å². The van der Waals surface area contributed by atoms with Gasteiger partial charge in [0.05, 0.1) is 0 Å². The van der Waals surface area contributed by atoms with Gasteiger partial charge in [-0.25, -0.2) is 0 Å². The molecule has 1 aromatic carbocycles. The fraction of sp³-hybridized carbons (Fsp3) is 0.450. The summed E-state index contributed by atoms with van der Waals surface area (Å²) in [5.41, 5.74) is 6.10. The molecule has 1 aromatic heterocycles. The Morgan fingerprint density at radius 2 is 1.96 bits per heavy atom. The molecule has 0 aliphatic heterocycles. The third kappa shape index (κ3) is 4.71. The lowest BCUT2D eigenvalue weighted by atomic mass is 9.82. The zero-order chi connectivity index (χ0) is 18.4. The third-order valence-electron chi connectivity index (χ3n) is 4.94. The second kappa shape index (κ2) is 8.65. The molecule has 2 aromatic rings. The maximum atomic E-state index is 12.4. The van der Waals surface area contributed by atoms with Crippen molar-refractivity contribution in [2.45, 2.75) is 44.6 Å². The highest BCUT2D eigenvalue weighted by molar-refractivity contribution is 5.85. The minimum Gasteiger partial charge on any atom is -0.481 e. The van der Waals surface area contributed by atoms with Crippen molar-refractivity contribution in [3.8, 4) is 5.75 Å². The zero-order valence-electron chi connectivity index (χ0n) is 14.8. The molecule has 26 heavy (non-hydrogen) atoms. The number of rotatable bonds is 7. The average Bonchev–Trinajstić information content (AvgIpc) is 2.66. The quantitative estimate of drug-likeness (QED) is 0.798. The molecule has 3 rings (SSSR count). The second-order valence-electron chi connectivity index (χ2n) is 6.86. The first-order valence-electron chi connectivity index (χ1n) is 9.17. The van der Waals surface area contributed by atoms with Gasteiger partial charge in [0.25, 0.3) is 5.91 Å². The van der Waals surface area contributed by atoms with Gasteiger partial charge in [0.1, 0.15) is 11.3 Å². The van der Waals surface area contributed by atoms with Crippen LogP contribution in [0, 0.1) is 5.92 Å². The molecule has 0 unspecified atom stereocenters. The first-order valence-corrected chi connectivity index (χ1v) is 9.17. The van der Waals surface area contributed by atoms with Crippen LogP contribution < -0.4 is 15.8 Å². The number of nitrogens with zero attached hydrogens (tertiary/aromatic N) is 1. The van der Waals surface area contributed by atoms with Crippen molar-refractivity contribution in [2.24, 2.45) is 11.7 Å². The Morgan fingerprint density at radius 3 is 2.73 bits per heavy atom. The molecule has 0 radical (unpaired) electrons. The summed E-state index contributed by atoms with van der Waals surface area (Å²) in [6.45, 7) is -0.113. The smallest absolute Gasteiger partial charge is 0.258 e. The Balaban J connectivity index is 1.61. The van der Waals surface area contributed by atoms with Crippen LogP contribution in [-0.2, 0) is 9.59 Å². The maximum absolute atomic E-state index is 12.4. The number of carbonyl (C=O) groups excluding carboxylic acids is 2. The van der Waals surface area contributed by atoms with Gasteiger partial charge in [0.15, 0.2) is 6.61 Å². The number of benzene rings is 1. The van der Waals surface area contributed by atoms with Gasteiger partial charge in [-0.2, -0.15) is 0 Å². The number of fused-ring (bicyclic) bond motifs is 1. The number of primary amides is 1. The van der Waals surface area contributed by atoms with E-state index >= 15 is 0 Å². The molecule has 138 valence electrons. The number of pyridine rings is 1. The van der Waals surface area contributed by atoms with E-state index in [-0.39, 0.29) is 30.9 Å². The lowest BCUT2D eigenvalue weighted by molar-refractivity contribution is -0.125.